The molecule has 2 rings (SSSR count). The first kappa shape index (κ1) is 19.2. The molecule has 2 N–H and O–H groups in total. The number of rotatable bonds is 8. The monoisotopic (exact) mass is 343 g/mol. The Kier molecular flexibility index (Phi) is 6.76. The third-order valence-electron chi connectivity index (χ3n) is 4.60. The van der Waals surface area contributed by atoms with Crippen LogP contribution in [-0.2, 0) is 24.2 Å². The lowest BCUT2D eigenvalue weighted by Crippen LogP contribution is -2.30. The molecule has 0 fully saturated rings. The molecule has 136 valence electrons. The second kappa shape index (κ2) is 8.81. The lowest BCUT2D eigenvalue weighted by Gasteiger charge is -2.15. The van der Waals surface area contributed by atoms with Crippen molar-refractivity contribution in [2.45, 2.75) is 66.5 Å². The van der Waals surface area contributed by atoms with Gasteiger partial charge >= 0.3 is 0 Å². The highest BCUT2D eigenvalue weighted by Crippen LogP contribution is 2.19. The van der Waals surface area contributed by atoms with E-state index in [1.807, 2.05) is 39.0 Å². The zero-order valence-corrected chi connectivity index (χ0v) is 15.9. The van der Waals surface area contributed by atoms with E-state index in [0.717, 1.165) is 41.1 Å². The first-order valence-corrected chi connectivity index (χ1v) is 9.01. The van der Waals surface area contributed by atoms with Crippen molar-refractivity contribution in [2.24, 2.45) is 0 Å². The average molecular weight is 343 g/mol. The third-order valence-corrected chi connectivity index (χ3v) is 4.60. The van der Waals surface area contributed by atoms with E-state index in [0.29, 0.717) is 13.0 Å². The molecule has 25 heavy (non-hydrogen) atoms. The SMILES string of the molecule is CCc1noc(CC)c1CN[C@@H](C)CC(=O)Nc1cccc(C)c1C. The first-order chi connectivity index (χ1) is 12.0. The Morgan fingerprint density at radius 3 is 2.68 bits per heavy atom. The van der Waals surface area contributed by atoms with Gasteiger partial charge in [-0.15, -0.1) is 0 Å². The molecule has 2 aromatic rings. The van der Waals surface area contributed by atoms with Crippen molar-refractivity contribution in [2.75, 3.05) is 5.32 Å². The van der Waals surface area contributed by atoms with Gasteiger partial charge in [-0.25, -0.2) is 0 Å². The largest absolute Gasteiger partial charge is 0.361 e. The van der Waals surface area contributed by atoms with Crippen LogP contribution in [0.4, 0.5) is 5.69 Å². The number of aromatic nitrogens is 1. The minimum atomic E-state index is 0.0189. The van der Waals surface area contributed by atoms with Crippen molar-refractivity contribution >= 4 is 11.6 Å². The van der Waals surface area contributed by atoms with Crippen LogP contribution in [0.2, 0.25) is 0 Å². The van der Waals surface area contributed by atoms with Gasteiger partial charge in [0.2, 0.25) is 5.91 Å². The molecule has 0 aliphatic heterocycles. The summed E-state index contributed by atoms with van der Waals surface area (Å²) in [5.74, 6) is 0.946. The van der Waals surface area contributed by atoms with Crippen LogP contribution < -0.4 is 10.6 Å². The minimum absolute atomic E-state index is 0.0189. The molecule has 1 amide bonds. The molecule has 0 aliphatic rings. The van der Waals surface area contributed by atoms with Crippen LogP contribution in [0.3, 0.4) is 0 Å². The zero-order valence-electron chi connectivity index (χ0n) is 15.9. The van der Waals surface area contributed by atoms with Gasteiger partial charge in [0.1, 0.15) is 5.76 Å². The Labute approximate surface area is 150 Å². The van der Waals surface area contributed by atoms with Crippen molar-refractivity contribution in [1.82, 2.24) is 10.5 Å². The van der Waals surface area contributed by atoms with E-state index in [1.165, 1.54) is 5.56 Å². The van der Waals surface area contributed by atoms with Crippen LogP contribution in [0.5, 0.6) is 0 Å². The number of nitrogens with zero attached hydrogens (tertiary/aromatic N) is 1. The van der Waals surface area contributed by atoms with Gasteiger partial charge < -0.3 is 15.2 Å². The Hall–Kier alpha value is -2.14. The summed E-state index contributed by atoms with van der Waals surface area (Å²) in [6.07, 6.45) is 2.09. The number of amides is 1. The third kappa shape index (κ3) is 4.92. The van der Waals surface area contributed by atoms with Crippen LogP contribution in [0.25, 0.3) is 0 Å². The molecule has 0 aliphatic carbocycles. The predicted molar refractivity (Wildman–Crippen MR) is 101 cm³/mol. The molecular weight excluding hydrogens is 314 g/mol. The average Bonchev–Trinajstić information content (AvgIpc) is 2.99. The maximum absolute atomic E-state index is 12.3. The van der Waals surface area contributed by atoms with Crippen LogP contribution >= 0.6 is 0 Å². The first-order valence-electron chi connectivity index (χ1n) is 9.01. The minimum Gasteiger partial charge on any atom is -0.361 e. The van der Waals surface area contributed by atoms with Crippen molar-refractivity contribution < 1.29 is 9.32 Å². The van der Waals surface area contributed by atoms with Gasteiger partial charge in [-0.1, -0.05) is 31.1 Å². The van der Waals surface area contributed by atoms with Gasteiger partial charge in [-0.05, 0) is 44.4 Å². The second-order valence-corrected chi connectivity index (χ2v) is 6.52. The molecule has 0 bridgehead atoms. The molecule has 5 nitrogen and oxygen atoms in total. The van der Waals surface area contributed by atoms with Crippen LogP contribution in [0, 0.1) is 13.8 Å². The van der Waals surface area contributed by atoms with Gasteiger partial charge in [0.15, 0.2) is 0 Å². The second-order valence-electron chi connectivity index (χ2n) is 6.52. The van der Waals surface area contributed by atoms with E-state index >= 15 is 0 Å². The summed E-state index contributed by atoms with van der Waals surface area (Å²) in [6, 6.07) is 6.01. The molecule has 1 heterocycles. The Morgan fingerprint density at radius 1 is 1.24 bits per heavy atom. The van der Waals surface area contributed by atoms with E-state index in [-0.39, 0.29) is 11.9 Å². The predicted octanol–water partition coefficient (Wildman–Crippen LogP) is 3.92. The summed E-state index contributed by atoms with van der Waals surface area (Å²) in [5, 5.41) is 10.6. The molecule has 0 spiro atoms. The van der Waals surface area contributed by atoms with E-state index in [4.69, 9.17) is 4.52 Å². The topological polar surface area (TPSA) is 67.2 Å². The standard InChI is InChI=1S/C20H29N3O2/c1-6-17-16(19(7-2)25-23-17)12-21-14(4)11-20(24)22-18-10-8-9-13(3)15(18)5/h8-10,14,21H,6-7,11-12H2,1-5H3,(H,22,24)/t14-/m0/s1. The fraction of sp³-hybridized carbons (Fsp3) is 0.500. The maximum atomic E-state index is 12.3. The summed E-state index contributed by atoms with van der Waals surface area (Å²) in [5.41, 5.74) is 5.30. The molecule has 5 heteroatoms. The lowest BCUT2D eigenvalue weighted by atomic mass is 10.1. The highest BCUT2D eigenvalue weighted by molar-refractivity contribution is 5.92. The van der Waals surface area contributed by atoms with E-state index < -0.39 is 0 Å². The van der Waals surface area contributed by atoms with Crippen molar-refractivity contribution in [3.8, 4) is 0 Å². The highest BCUT2D eigenvalue weighted by Gasteiger charge is 2.15. The molecule has 0 radical (unpaired) electrons. The smallest absolute Gasteiger partial charge is 0.225 e. The van der Waals surface area contributed by atoms with E-state index in [2.05, 4.69) is 29.6 Å². The van der Waals surface area contributed by atoms with Gasteiger partial charge in [0, 0.05) is 36.7 Å². The summed E-state index contributed by atoms with van der Waals surface area (Å²) in [7, 11) is 0. The van der Waals surface area contributed by atoms with Crippen LogP contribution in [0.1, 0.15) is 55.3 Å². The van der Waals surface area contributed by atoms with Crippen molar-refractivity contribution in [1.29, 1.82) is 0 Å². The fourth-order valence-corrected chi connectivity index (χ4v) is 2.85. The maximum Gasteiger partial charge on any atom is 0.225 e. The summed E-state index contributed by atoms with van der Waals surface area (Å²) in [6.45, 7) is 10.9. The van der Waals surface area contributed by atoms with Gasteiger partial charge in [-0.3, -0.25) is 4.79 Å². The number of anilines is 1. The molecule has 1 atom stereocenters. The van der Waals surface area contributed by atoms with Crippen molar-refractivity contribution in [3.63, 3.8) is 0 Å². The zero-order chi connectivity index (χ0) is 18.4. The van der Waals surface area contributed by atoms with Gasteiger partial charge in [0.05, 0.1) is 5.69 Å². The molecule has 0 saturated carbocycles. The molecule has 1 aromatic heterocycles. The number of aryl methyl sites for hydroxylation is 3. The van der Waals surface area contributed by atoms with Gasteiger partial charge in [-0.2, -0.15) is 0 Å². The Bertz CT molecular complexity index is 700. The van der Waals surface area contributed by atoms with Crippen LogP contribution in [-0.4, -0.2) is 17.1 Å². The van der Waals surface area contributed by atoms with Crippen LogP contribution in [0.15, 0.2) is 22.7 Å². The van der Waals surface area contributed by atoms with Gasteiger partial charge in [0.25, 0.3) is 0 Å². The van der Waals surface area contributed by atoms with E-state index in [9.17, 15) is 4.79 Å². The fourth-order valence-electron chi connectivity index (χ4n) is 2.85. The summed E-state index contributed by atoms with van der Waals surface area (Å²) < 4.78 is 5.38. The molecular formula is C20H29N3O2. The Balaban J connectivity index is 1.90. The molecule has 0 unspecified atom stereocenters. The lowest BCUT2D eigenvalue weighted by molar-refractivity contribution is -0.116. The molecule has 1 aromatic carbocycles. The summed E-state index contributed by atoms with van der Waals surface area (Å²) in [4.78, 5) is 12.3. The van der Waals surface area contributed by atoms with E-state index in [1.54, 1.807) is 0 Å². The normalized spacial score (nSPS) is 12.2. The highest BCUT2D eigenvalue weighted by atomic mass is 16.5. The number of carbonyl (C=O) groups is 1. The number of benzene rings is 1. The molecule has 0 saturated heterocycles. The Morgan fingerprint density at radius 2 is 2.00 bits per heavy atom. The number of hydrogen-bond donors (Lipinski definition) is 2. The number of nitrogens with one attached hydrogen (secondary N) is 2. The number of hydrogen-bond acceptors (Lipinski definition) is 4. The quantitative estimate of drug-likeness (QED) is 0.762. The number of carbonyl (C=O) groups excluding carboxylic acids is 1. The van der Waals surface area contributed by atoms with Crippen molar-refractivity contribution in [3.05, 3.63) is 46.3 Å². The summed E-state index contributed by atoms with van der Waals surface area (Å²) >= 11 is 0.